The van der Waals surface area contributed by atoms with Crippen molar-refractivity contribution in [1.82, 2.24) is 5.32 Å². The highest BCUT2D eigenvalue weighted by molar-refractivity contribution is 4.85. The quantitative estimate of drug-likeness (QED) is 0.673. The number of rotatable bonds is 2. The molecule has 0 aromatic rings. The molecule has 0 aromatic heterocycles. The van der Waals surface area contributed by atoms with Gasteiger partial charge in [-0.2, -0.15) is 0 Å². The summed E-state index contributed by atoms with van der Waals surface area (Å²) in [5.74, 6) is 0. The first-order valence-electron chi connectivity index (χ1n) is 5.62. The van der Waals surface area contributed by atoms with E-state index in [9.17, 15) is 0 Å². The van der Waals surface area contributed by atoms with Crippen molar-refractivity contribution >= 4 is 0 Å². The fourth-order valence-corrected chi connectivity index (χ4v) is 1.22. The van der Waals surface area contributed by atoms with Crippen LogP contribution in [0.4, 0.5) is 0 Å². The fraction of sp³-hybridized carbons (Fsp3) is 1.00. The molecule has 0 bridgehead atoms. The van der Waals surface area contributed by atoms with Gasteiger partial charge in [0.1, 0.15) is 0 Å². The SMILES string of the molecule is CC.CC.CCC1CC(CC)N1. The van der Waals surface area contributed by atoms with Crippen LogP contribution in [0, 0.1) is 0 Å². The minimum absolute atomic E-state index is 0.847. The molecule has 1 N–H and O–H groups in total. The molecular formula is C11H27N. The molecule has 2 unspecified atom stereocenters. The lowest BCUT2D eigenvalue weighted by Gasteiger charge is -2.36. The van der Waals surface area contributed by atoms with Crippen LogP contribution in [-0.2, 0) is 0 Å². The number of nitrogens with one attached hydrogen (secondary N) is 1. The third kappa shape index (κ3) is 5.59. The number of hydrogen-bond acceptors (Lipinski definition) is 1. The van der Waals surface area contributed by atoms with Crippen LogP contribution in [-0.4, -0.2) is 12.1 Å². The van der Waals surface area contributed by atoms with Gasteiger partial charge in [0.25, 0.3) is 0 Å². The molecule has 0 amide bonds. The maximum Gasteiger partial charge on any atom is 0.00818 e. The minimum Gasteiger partial charge on any atom is -0.311 e. The molecule has 2 atom stereocenters. The van der Waals surface area contributed by atoms with Gasteiger partial charge < -0.3 is 5.32 Å². The molecule has 0 spiro atoms. The third-order valence-electron chi connectivity index (χ3n) is 2.03. The Morgan fingerprint density at radius 3 is 1.33 bits per heavy atom. The zero-order valence-corrected chi connectivity index (χ0v) is 9.78. The van der Waals surface area contributed by atoms with Crippen LogP contribution in [0.5, 0.6) is 0 Å². The smallest absolute Gasteiger partial charge is 0.00818 e. The topological polar surface area (TPSA) is 12.0 Å². The molecule has 0 aliphatic carbocycles. The van der Waals surface area contributed by atoms with Gasteiger partial charge in [0.05, 0.1) is 0 Å². The Kier molecular flexibility index (Phi) is 13.2. The van der Waals surface area contributed by atoms with E-state index in [0.29, 0.717) is 0 Å². The summed E-state index contributed by atoms with van der Waals surface area (Å²) in [6.07, 6.45) is 4.01. The molecule has 0 aromatic carbocycles. The van der Waals surface area contributed by atoms with Gasteiger partial charge in [0.2, 0.25) is 0 Å². The summed E-state index contributed by atoms with van der Waals surface area (Å²) in [4.78, 5) is 0. The van der Waals surface area contributed by atoms with Gasteiger partial charge in [-0.3, -0.25) is 0 Å². The maximum absolute atomic E-state index is 3.48. The summed E-state index contributed by atoms with van der Waals surface area (Å²) < 4.78 is 0. The van der Waals surface area contributed by atoms with Gasteiger partial charge in [-0.05, 0) is 19.3 Å². The van der Waals surface area contributed by atoms with E-state index in [1.54, 1.807) is 0 Å². The van der Waals surface area contributed by atoms with E-state index in [1.807, 2.05) is 27.7 Å². The van der Waals surface area contributed by atoms with Crippen molar-refractivity contribution in [1.29, 1.82) is 0 Å². The lowest BCUT2D eigenvalue weighted by atomic mass is 9.93. The first-order chi connectivity index (χ1) is 5.86. The van der Waals surface area contributed by atoms with E-state index in [-0.39, 0.29) is 0 Å². The first kappa shape index (κ1) is 14.5. The van der Waals surface area contributed by atoms with Crippen LogP contribution in [0.15, 0.2) is 0 Å². The van der Waals surface area contributed by atoms with Crippen molar-refractivity contribution in [3.05, 3.63) is 0 Å². The first-order valence-corrected chi connectivity index (χ1v) is 5.62. The molecule has 1 heteroatoms. The average molecular weight is 173 g/mol. The molecule has 1 heterocycles. The van der Waals surface area contributed by atoms with Crippen LogP contribution in [0.3, 0.4) is 0 Å². The molecule has 0 radical (unpaired) electrons. The molecule has 12 heavy (non-hydrogen) atoms. The van der Waals surface area contributed by atoms with Gasteiger partial charge in [0, 0.05) is 12.1 Å². The Balaban J connectivity index is 0. The largest absolute Gasteiger partial charge is 0.311 e. The van der Waals surface area contributed by atoms with E-state index in [0.717, 1.165) is 12.1 Å². The van der Waals surface area contributed by atoms with Crippen LogP contribution in [0.1, 0.15) is 60.8 Å². The number of hydrogen-bond donors (Lipinski definition) is 1. The van der Waals surface area contributed by atoms with E-state index >= 15 is 0 Å². The molecule has 0 saturated carbocycles. The van der Waals surface area contributed by atoms with Crippen LogP contribution in [0.25, 0.3) is 0 Å². The molecule has 1 fully saturated rings. The third-order valence-corrected chi connectivity index (χ3v) is 2.03. The highest BCUT2D eigenvalue weighted by Crippen LogP contribution is 2.16. The van der Waals surface area contributed by atoms with Crippen LogP contribution in [0.2, 0.25) is 0 Å². The van der Waals surface area contributed by atoms with Gasteiger partial charge in [-0.1, -0.05) is 41.5 Å². The Hall–Kier alpha value is -0.0400. The standard InChI is InChI=1S/C7H15N.2C2H6/c1-3-6-5-7(4-2)8-6;2*1-2/h6-8H,3-5H2,1-2H3;2*1-2H3. The molecule has 1 aliphatic rings. The molecule has 1 nitrogen and oxygen atoms in total. The highest BCUT2D eigenvalue weighted by atomic mass is 15.0. The van der Waals surface area contributed by atoms with Gasteiger partial charge in [-0.25, -0.2) is 0 Å². The summed E-state index contributed by atoms with van der Waals surface area (Å²) in [6.45, 7) is 12.5. The van der Waals surface area contributed by atoms with Gasteiger partial charge in [-0.15, -0.1) is 0 Å². The second-order valence-corrected chi connectivity index (χ2v) is 2.61. The Bertz CT molecular complexity index is 57.4. The van der Waals surface area contributed by atoms with E-state index in [2.05, 4.69) is 19.2 Å². The van der Waals surface area contributed by atoms with E-state index < -0.39 is 0 Å². The van der Waals surface area contributed by atoms with Crippen molar-refractivity contribution in [2.24, 2.45) is 0 Å². The molecule has 1 saturated heterocycles. The van der Waals surface area contributed by atoms with Crippen molar-refractivity contribution in [3.63, 3.8) is 0 Å². The molecule has 1 rings (SSSR count). The zero-order valence-electron chi connectivity index (χ0n) is 9.78. The van der Waals surface area contributed by atoms with Crippen molar-refractivity contribution in [2.45, 2.75) is 72.9 Å². The molecular weight excluding hydrogens is 146 g/mol. The minimum atomic E-state index is 0.847. The summed E-state index contributed by atoms with van der Waals surface area (Å²) in [5, 5.41) is 3.48. The Morgan fingerprint density at radius 1 is 0.917 bits per heavy atom. The summed E-state index contributed by atoms with van der Waals surface area (Å²) in [7, 11) is 0. The normalized spacial score (nSPS) is 25.5. The predicted octanol–water partition coefficient (Wildman–Crippen LogP) is 3.59. The highest BCUT2D eigenvalue weighted by Gasteiger charge is 2.23. The average Bonchev–Trinajstić information content (AvgIpc) is 2.11. The second-order valence-electron chi connectivity index (χ2n) is 2.61. The Morgan fingerprint density at radius 2 is 1.17 bits per heavy atom. The molecule has 76 valence electrons. The summed E-state index contributed by atoms with van der Waals surface area (Å²) in [6, 6.07) is 1.69. The predicted molar refractivity (Wildman–Crippen MR) is 58.6 cm³/mol. The maximum atomic E-state index is 3.48. The van der Waals surface area contributed by atoms with Crippen molar-refractivity contribution < 1.29 is 0 Å². The summed E-state index contributed by atoms with van der Waals surface area (Å²) in [5.41, 5.74) is 0. The van der Waals surface area contributed by atoms with Crippen LogP contribution < -0.4 is 5.32 Å². The second kappa shape index (κ2) is 11.0. The van der Waals surface area contributed by atoms with Crippen LogP contribution >= 0.6 is 0 Å². The molecule has 1 aliphatic heterocycles. The monoisotopic (exact) mass is 173 g/mol. The van der Waals surface area contributed by atoms with E-state index in [4.69, 9.17) is 0 Å². The van der Waals surface area contributed by atoms with Gasteiger partial charge in [0.15, 0.2) is 0 Å². The zero-order chi connectivity index (χ0) is 9.98. The van der Waals surface area contributed by atoms with E-state index in [1.165, 1.54) is 19.3 Å². The Labute approximate surface area is 78.9 Å². The summed E-state index contributed by atoms with van der Waals surface area (Å²) >= 11 is 0. The lowest BCUT2D eigenvalue weighted by molar-refractivity contribution is 0.252. The fourth-order valence-electron chi connectivity index (χ4n) is 1.22. The van der Waals surface area contributed by atoms with Crippen molar-refractivity contribution in [2.75, 3.05) is 0 Å². The lowest BCUT2D eigenvalue weighted by Crippen LogP contribution is -2.51. The van der Waals surface area contributed by atoms with Gasteiger partial charge >= 0.3 is 0 Å². The van der Waals surface area contributed by atoms with Crippen molar-refractivity contribution in [3.8, 4) is 0 Å².